The molecule has 1 aromatic heterocycles. The Morgan fingerprint density at radius 3 is 2.92 bits per heavy atom. The second kappa shape index (κ2) is 3.46. The third-order valence-corrected chi connectivity index (χ3v) is 2.81. The third kappa shape index (κ3) is 2.07. The molecule has 1 saturated carbocycles. The van der Waals surface area contributed by atoms with Crippen LogP contribution in [0.2, 0.25) is 0 Å². The Kier molecular flexibility index (Phi) is 2.32. The van der Waals surface area contributed by atoms with E-state index in [1.165, 1.54) is 24.8 Å². The molecular weight excluding hydrogens is 160 g/mol. The molecule has 0 radical (unpaired) electrons. The zero-order valence-corrected chi connectivity index (χ0v) is 8.09. The molecule has 0 aromatic carbocycles. The number of pyridine rings is 1. The maximum atomic E-state index is 4.14. The molecule has 2 nitrogen and oxygen atoms in total. The highest BCUT2D eigenvalue weighted by Crippen LogP contribution is 2.47. The van der Waals surface area contributed by atoms with E-state index in [4.69, 9.17) is 0 Å². The molecule has 0 atom stereocenters. The molecule has 0 amide bonds. The summed E-state index contributed by atoms with van der Waals surface area (Å²) in [6.07, 6.45) is 7.73. The van der Waals surface area contributed by atoms with Crippen molar-refractivity contribution in [1.29, 1.82) is 0 Å². The van der Waals surface area contributed by atoms with Gasteiger partial charge in [-0.25, -0.2) is 0 Å². The van der Waals surface area contributed by atoms with Crippen molar-refractivity contribution in [3.63, 3.8) is 0 Å². The summed E-state index contributed by atoms with van der Waals surface area (Å²) in [7, 11) is 2.03. The van der Waals surface area contributed by atoms with Gasteiger partial charge in [0.05, 0.1) is 0 Å². The first-order chi connectivity index (χ1) is 6.35. The summed E-state index contributed by atoms with van der Waals surface area (Å²) >= 11 is 0. The average Bonchev–Trinajstić information content (AvgIpc) is 2.87. The molecule has 0 saturated heterocycles. The fourth-order valence-corrected chi connectivity index (χ4v) is 1.90. The maximum Gasteiger partial charge on any atom is 0.0300 e. The summed E-state index contributed by atoms with van der Waals surface area (Å²) in [5.74, 6) is 0. The summed E-state index contributed by atoms with van der Waals surface area (Å²) in [5, 5.41) is 3.27. The molecule has 1 N–H and O–H groups in total. The Labute approximate surface area is 79.4 Å². The van der Waals surface area contributed by atoms with Crippen LogP contribution < -0.4 is 5.32 Å². The van der Waals surface area contributed by atoms with E-state index in [2.05, 4.69) is 16.4 Å². The fourth-order valence-electron chi connectivity index (χ4n) is 1.90. The van der Waals surface area contributed by atoms with Gasteiger partial charge in [0.25, 0.3) is 0 Å². The number of hydrogen-bond donors (Lipinski definition) is 1. The quantitative estimate of drug-likeness (QED) is 0.754. The van der Waals surface area contributed by atoms with Crippen molar-refractivity contribution in [3.8, 4) is 0 Å². The lowest BCUT2D eigenvalue weighted by molar-refractivity contribution is 0.477. The second-order valence-corrected chi connectivity index (χ2v) is 4.07. The number of aromatic nitrogens is 1. The third-order valence-electron chi connectivity index (χ3n) is 2.81. The molecule has 2 rings (SSSR count). The largest absolute Gasteiger partial charge is 0.319 e. The van der Waals surface area contributed by atoms with E-state index >= 15 is 0 Å². The minimum Gasteiger partial charge on any atom is -0.319 e. The molecule has 0 bridgehead atoms. The highest BCUT2D eigenvalue weighted by atomic mass is 14.8. The van der Waals surface area contributed by atoms with Crippen LogP contribution in [0.25, 0.3) is 0 Å². The van der Waals surface area contributed by atoms with Crippen LogP contribution in [0, 0.1) is 5.41 Å². The van der Waals surface area contributed by atoms with Crippen LogP contribution in [0.15, 0.2) is 24.5 Å². The van der Waals surface area contributed by atoms with Crippen LogP contribution in [-0.4, -0.2) is 18.6 Å². The number of nitrogens with zero attached hydrogens (tertiary/aromatic N) is 1. The van der Waals surface area contributed by atoms with Gasteiger partial charge in [0, 0.05) is 18.9 Å². The van der Waals surface area contributed by atoms with Gasteiger partial charge in [-0.3, -0.25) is 4.98 Å². The van der Waals surface area contributed by atoms with Crippen molar-refractivity contribution in [3.05, 3.63) is 30.1 Å². The molecule has 1 aliphatic carbocycles. The first-order valence-electron chi connectivity index (χ1n) is 4.88. The van der Waals surface area contributed by atoms with Gasteiger partial charge in [-0.1, -0.05) is 6.07 Å². The van der Waals surface area contributed by atoms with Gasteiger partial charge >= 0.3 is 0 Å². The topological polar surface area (TPSA) is 24.9 Å². The van der Waals surface area contributed by atoms with Crippen molar-refractivity contribution < 1.29 is 0 Å². The van der Waals surface area contributed by atoms with Crippen molar-refractivity contribution in [2.24, 2.45) is 5.41 Å². The van der Waals surface area contributed by atoms with Gasteiger partial charge in [0.2, 0.25) is 0 Å². The predicted molar refractivity (Wildman–Crippen MR) is 53.5 cm³/mol. The van der Waals surface area contributed by atoms with E-state index in [1.54, 1.807) is 0 Å². The standard InChI is InChI=1S/C11H16N2/c1-12-9-11(4-5-11)7-10-3-2-6-13-8-10/h2-3,6,8,12H,4-5,7,9H2,1H3. The summed E-state index contributed by atoms with van der Waals surface area (Å²) in [6.45, 7) is 1.14. The normalized spacial score (nSPS) is 18.5. The maximum absolute atomic E-state index is 4.14. The SMILES string of the molecule is CNCC1(Cc2cccnc2)CC1. The minimum atomic E-state index is 0.553. The van der Waals surface area contributed by atoms with E-state index in [1.807, 2.05) is 25.5 Å². The molecule has 0 spiro atoms. The summed E-state index contributed by atoms with van der Waals surface area (Å²) in [4.78, 5) is 4.14. The van der Waals surface area contributed by atoms with E-state index in [9.17, 15) is 0 Å². The number of rotatable bonds is 4. The van der Waals surface area contributed by atoms with E-state index in [0.29, 0.717) is 5.41 Å². The summed E-state index contributed by atoms with van der Waals surface area (Å²) in [6, 6.07) is 4.19. The Morgan fingerprint density at radius 2 is 2.38 bits per heavy atom. The molecule has 1 fully saturated rings. The zero-order valence-electron chi connectivity index (χ0n) is 8.09. The van der Waals surface area contributed by atoms with Crippen molar-refractivity contribution in [2.75, 3.05) is 13.6 Å². The van der Waals surface area contributed by atoms with Crippen LogP contribution in [0.1, 0.15) is 18.4 Å². The number of hydrogen-bond acceptors (Lipinski definition) is 2. The Morgan fingerprint density at radius 1 is 1.54 bits per heavy atom. The first-order valence-corrected chi connectivity index (χ1v) is 4.88. The van der Waals surface area contributed by atoms with Gasteiger partial charge in [-0.05, 0) is 43.4 Å². The average molecular weight is 176 g/mol. The molecule has 0 unspecified atom stereocenters. The smallest absolute Gasteiger partial charge is 0.0300 e. The Bertz CT molecular complexity index is 265. The van der Waals surface area contributed by atoms with Crippen LogP contribution in [-0.2, 0) is 6.42 Å². The van der Waals surface area contributed by atoms with Crippen LogP contribution in [0.5, 0.6) is 0 Å². The van der Waals surface area contributed by atoms with Crippen LogP contribution in [0.4, 0.5) is 0 Å². The minimum absolute atomic E-state index is 0.553. The molecule has 0 aliphatic heterocycles. The van der Waals surface area contributed by atoms with Gasteiger partial charge in [-0.2, -0.15) is 0 Å². The van der Waals surface area contributed by atoms with Gasteiger partial charge < -0.3 is 5.32 Å². The fraction of sp³-hybridized carbons (Fsp3) is 0.545. The summed E-state index contributed by atoms with van der Waals surface area (Å²) < 4.78 is 0. The van der Waals surface area contributed by atoms with Gasteiger partial charge in [-0.15, -0.1) is 0 Å². The molecule has 2 heteroatoms. The highest BCUT2D eigenvalue weighted by Gasteiger charge is 2.41. The lowest BCUT2D eigenvalue weighted by Gasteiger charge is -2.13. The van der Waals surface area contributed by atoms with E-state index in [0.717, 1.165) is 6.54 Å². The van der Waals surface area contributed by atoms with Gasteiger partial charge in [0.15, 0.2) is 0 Å². The van der Waals surface area contributed by atoms with Crippen LogP contribution >= 0.6 is 0 Å². The van der Waals surface area contributed by atoms with Gasteiger partial charge in [0.1, 0.15) is 0 Å². The Balaban J connectivity index is 1.98. The molecule has 1 heterocycles. The lowest BCUT2D eigenvalue weighted by Crippen LogP contribution is -2.21. The molecular formula is C11H16N2. The summed E-state index contributed by atoms with van der Waals surface area (Å²) in [5.41, 5.74) is 1.92. The second-order valence-electron chi connectivity index (χ2n) is 4.07. The molecule has 13 heavy (non-hydrogen) atoms. The highest BCUT2D eigenvalue weighted by molar-refractivity contribution is 5.14. The van der Waals surface area contributed by atoms with E-state index < -0.39 is 0 Å². The zero-order chi connectivity index (χ0) is 9.15. The van der Waals surface area contributed by atoms with E-state index in [-0.39, 0.29) is 0 Å². The van der Waals surface area contributed by atoms with Crippen molar-refractivity contribution >= 4 is 0 Å². The van der Waals surface area contributed by atoms with Crippen molar-refractivity contribution in [1.82, 2.24) is 10.3 Å². The Hall–Kier alpha value is -0.890. The van der Waals surface area contributed by atoms with Crippen LogP contribution in [0.3, 0.4) is 0 Å². The molecule has 70 valence electrons. The first kappa shape index (κ1) is 8.70. The molecule has 1 aromatic rings. The number of nitrogens with one attached hydrogen (secondary N) is 1. The monoisotopic (exact) mass is 176 g/mol. The molecule has 1 aliphatic rings. The predicted octanol–water partition coefficient (Wildman–Crippen LogP) is 1.62. The lowest BCUT2D eigenvalue weighted by atomic mass is 9.98. The van der Waals surface area contributed by atoms with Crippen molar-refractivity contribution in [2.45, 2.75) is 19.3 Å².